The summed E-state index contributed by atoms with van der Waals surface area (Å²) in [6.07, 6.45) is 3.17. The zero-order valence-electron chi connectivity index (χ0n) is 10.5. The van der Waals surface area contributed by atoms with Crippen molar-refractivity contribution in [2.75, 3.05) is 5.32 Å². The maximum atomic E-state index is 13.3. The molecule has 1 aromatic heterocycles. The Labute approximate surface area is 119 Å². The van der Waals surface area contributed by atoms with Crippen molar-refractivity contribution < 1.29 is 9.18 Å². The lowest BCUT2D eigenvalue weighted by atomic mass is 10.1. The molecule has 0 bridgehead atoms. The summed E-state index contributed by atoms with van der Waals surface area (Å²) in [6, 6.07) is 4.66. The summed E-state index contributed by atoms with van der Waals surface area (Å²) >= 11 is 3.10. The maximum Gasteiger partial charge on any atom is 0.257 e. The summed E-state index contributed by atoms with van der Waals surface area (Å²) in [6.45, 7) is 3.60. The van der Waals surface area contributed by atoms with Gasteiger partial charge in [-0.25, -0.2) is 4.39 Å². The molecule has 0 saturated carbocycles. The van der Waals surface area contributed by atoms with E-state index in [4.69, 9.17) is 0 Å². The molecule has 5 heteroatoms. The van der Waals surface area contributed by atoms with Crippen LogP contribution >= 0.6 is 15.9 Å². The van der Waals surface area contributed by atoms with Gasteiger partial charge in [0.1, 0.15) is 5.82 Å². The number of amides is 1. The summed E-state index contributed by atoms with van der Waals surface area (Å²) in [5, 5.41) is 2.75. The van der Waals surface area contributed by atoms with E-state index in [9.17, 15) is 9.18 Å². The van der Waals surface area contributed by atoms with Crippen LogP contribution < -0.4 is 5.32 Å². The van der Waals surface area contributed by atoms with Crippen LogP contribution in [0.3, 0.4) is 0 Å². The van der Waals surface area contributed by atoms with Crippen LogP contribution in [0.25, 0.3) is 0 Å². The Morgan fingerprint density at radius 3 is 2.68 bits per heavy atom. The Morgan fingerprint density at radius 2 is 2.00 bits per heavy atom. The summed E-state index contributed by atoms with van der Waals surface area (Å²) in [5.41, 5.74) is 2.61. The molecular weight excluding hydrogens is 311 g/mol. The second kappa shape index (κ2) is 5.48. The lowest BCUT2D eigenvalue weighted by Gasteiger charge is -2.09. The minimum atomic E-state index is -0.354. The summed E-state index contributed by atoms with van der Waals surface area (Å²) < 4.78 is 13.6. The smallest absolute Gasteiger partial charge is 0.257 e. The molecule has 1 amide bonds. The Morgan fingerprint density at radius 1 is 1.26 bits per heavy atom. The van der Waals surface area contributed by atoms with Gasteiger partial charge in [0.25, 0.3) is 5.91 Å². The highest BCUT2D eigenvalue weighted by Crippen LogP contribution is 2.24. The molecule has 2 rings (SSSR count). The van der Waals surface area contributed by atoms with E-state index < -0.39 is 0 Å². The Hall–Kier alpha value is -1.75. The number of halogens is 2. The zero-order valence-corrected chi connectivity index (χ0v) is 12.1. The fourth-order valence-electron chi connectivity index (χ4n) is 1.65. The number of anilines is 1. The van der Waals surface area contributed by atoms with Gasteiger partial charge in [0.15, 0.2) is 0 Å². The predicted molar refractivity (Wildman–Crippen MR) is 75.8 cm³/mol. The number of aromatic nitrogens is 1. The van der Waals surface area contributed by atoms with E-state index in [1.165, 1.54) is 12.3 Å². The second-order valence-corrected chi connectivity index (χ2v) is 5.14. The molecule has 1 aromatic carbocycles. The van der Waals surface area contributed by atoms with Crippen molar-refractivity contribution in [2.24, 2.45) is 0 Å². The molecule has 3 nitrogen and oxygen atoms in total. The molecule has 1 heterocycles. The highest BCUT2D eigenvalue weighted by atomic mass is 79.9. The number of nitrogens with zero attached hydrogens (tertiary/aromatic N) is 1. The molecule has 0 radical (unpaired) electrons. The Kier molecular flexibility index (Phi) is 3.95. The number of aryl methyl sites for hydroxylation is 2. The number of carbonyl (C=O) groups excluding carboxylic acids is 1. The molecule has 0 fully saturated rings. The highest BCUT2D eigenvalue weighted by Gasteiger charge is 2.10. The predicted octanol–water partition coefficient (Wildman–Crippen LogP) is 3.85. The molecule has 0 aliphatic carbocycles. The van der Waals surface area contributed by atoms with E-state index in [0.29, 0.717) is 21.3 Å². The minimum Gasteiger partial charge on any atom is -0.322 e. The van der Waals surface area contributed by atoms with Crippen molar-refractivity contribution in [1.82, 2.24) is 4.98 Å². The number of nitrogens with one attached hydrogen (secondary N) is 1. The molecule has 1 N–H and O–H groups in total. The van der Waals surface area contributed by atoms with Crippen molar-refractivity contribution >= 4 is 27.5 Å². The Bertz CT molecular complexity index is 643. The first-order valence-electron chi connectivity index (χ1n) is 5.66. The average Bonchev–Trinajstić information content (AvgIpc) is 2.36. The largest absolute Gasteiger partial charge is 0.322 e. The molecule has 0 aliphatic rings. The van der Waals surface area contributed by atoms with Crippen LogP contribution in [0.4, 0.5) is 10.1 Å². The van der Waals surface area contributed by atoms with Crippen LogP contribution in [0.1, 0.15) is 21.5 Å². The number of hydrogen-bond acceptors (Lipinski definition) is 2. The van der Waals surface area contributed by atoms with Gasteiger partial charge in [-0.3, -0.25) is 9.78 Å². The van der Waals surface area contributed by atoms with Gasteiger partial charge in [0.2, 0.25) is 0 Å². The molecule has 19 heavy (non-hydrogen) atoms. The molecule has 2 aromatic rings. The SMILES string of the molecule is Cc1cncc(C(=O)Nc2cc(Br)c(F)cc2C)c1. The van der Waals surface area contributed by atoms with Gasteiger partial charge in [0.05, 0.1) is 10.0 Å². The van der Waals surface area contributed by atoms with E-state index in [1.807, 2.05) is 6.92 Å². The van der Waals surface area contributed by atoms with E-state index in [-0.39, 0.29) is 11.7 Å². The monoisotopic (exact) mass is 322 g/mol. The fourth-order valence-corrected chi connectivity index (χ4v) is 2.00. The van der Waals surface area contributed by atoms with Crippen molar-refractivity contribution in [2.45, 2.75) is 13.8 Å². The third kappa shape index (κ3) is 3.17. The highest BCUT2D eigenvalue weighted by molar-refractivity contribution is 9.10. The van der Waals surface area contributed by atoms with Crippen LogP contribution in [0.5, 0.6) is 0 Å². The van der Waals surface area contributed by atoms with E-state index in [0.717, 1.165) is 5.56 Å². The quantitative estimate of drug-likeness (QED) is 0.912. The average molecular weight is 323 g/mol. The maximum absolute atomic E-state index is 13.3. The molecule has 98 valence electrons. The first-order valence-corrected chi connectivity index (χ1v) is 6.45. The van der Waals surface area contributed by atoms with Gasteiger partial charge in [-0.15, -0.1) is 0 Å². The fraction of sp³-hybridized carbons (Fsp3) is 0.143. The van der Waals surface area contributed by atoms with Crippen LogP contribution in [-0.4, -0.2) is 10.9 Å². The number of carbonyl (C=O) groups is 1. The molecule has 0 spiro atoms. The number of benzene rings is 1. The summed E-state index contributed by atoms with van der Waals surface area (Å²) in [5.74, 6) is -0.620. The third-order valence-corrected chi connectivity index (χ3v) is 3.26. The number of pyridine rings is 1. The van der Waals surface area contributed by atoms with Crippen LogP contribution in [-0.2, 0) is 0 Å². The van der Waals surface area contributed by atoms with Gasteiger partial charge in [-0.2, -0.15) is 0 Å². The van der Waals surface area contributed by atoms with Crippen LogP contribution in [0, 0.1) is 19.7 Å². The van der Waals surface area contributed by atoms with Gasteiger partial charge in [-0.05, 0) is 59.1 Å². The zero-order chi connectivity index (χ0) is 14.0. The first kappa shape index (κ1) is 13.7. The lowest BCUT2D eigenvalue weighted by Crippen LogP contribution is -2.13. The van der Waals surface area contributed by atoms with Gasteiger partial charge in [0, 0.05) is 18.1 Å². The second-order valence-electron chi connectivity index (χ2n) is 4.29. The lowest BCUT2D eigenvalue weighted by molar-refractivity contribution is 0.102. The van der Waals surface area contributed by atoms with E-state index in [1.54, 1.807) is 25.3 Å². The molecule has 0 saturated heterocycles. The van der Waals surface area contributed by atoms with Crippen LogP contribution in [0.15, 0.2) is 35.1 Å². The van der Waals surface area contributed by atoms with Gasteiger partial charge in [-0.1, -0.05) is 0 Å². The summed E-state index contributed by atoms with van der Waals surface area (Å²) in [7, 11) is 0. The van der Waals surface area contributed by atoms with Crippen molar-refractivity contribution in [3.63, 3.8) is 0 Å². The van der Waals surface area contributed by atoms with Crippen molar-refractivity contribution in [3.05, 3.63) is 57.6 Å². The van der Waals surface area contributed by atoms with Gasteiger partial charge < -0.3 is 5.32 Å². The minimum absolute atomic E-state index is 0.266. The van der Waals surface area contributed by atoms with Gasteiger partial charge >= 0.3 is 0 Å². The van der Waals surface area contributed by atoms with E-state index in [2.05, 4.69) is 26.2 Å². The van der Waals surface area contributed by atoms with Crippen LogP contribution in [0.2, 0.25) is 0 Å². The first-order chi connectivity index (χ1) is 8.97. The summed E-state index contributed by atoms with van der Waals surface area (Å²) in [4.78, 5) is 16.0. The normalized spacial score (nSPS) is 10.3. The Balaban J connectivity index is 2.27. The van der Waals surface area contributed by atoms with Crippen molar-refractivity contribution in [1.29, 1.82) is 0 Å². The topological polar surface area (TPSA) is 42.0 Å². The molecule has 0 unspecified atom stereocenters. The standard InChI is InChI=1S/C14H12BrFN2O/c1-8-3-10(7-17-6-8)14(19)18-13-5-11(15)12(16)4-9(13)2/h3-7H,1-2H3,(H,18,19). The molecule has 0 atom stereocenters. The van der Waals surface area contributed by atoms with Crippen molar-refractivity contribution in [3.8, 4) is 0 Å². The molecular formula is C14H12BrFN2O. The number of hydrogen-bond donors (Lipinski definition) is 1. The molecule has 0 aliphatic heterocycles. The third-order valence-electron chi connectivity index (χ3n) is 2.65. The number of rotatable bonds is 2. The van der Waals surface area contributed by atoms with E-state index >= 15 is 0 Å².